The molecular weight excluding hydrogens is 391 g/mol. The van der Waals surface area contributed by atoms with Gasteiger partial charge < -0.3 is 11.1 Å². The molecule has 1 aliphatic carbocycles. The summed E-state index contributed by atoms with van der Waals surface area (Å²) in [6, 6.07) is 5.11. The highest BCUT2D eigenvalue weighted by Gasteiger charge is 2.23. The van der Waals surface area contributed by atoms with Gasteiger partial charge in [0.05, 0.1) is 15.6 Å². The van der Waals surface area contributed by atoms with Crippen LogP contribution in [-0.2, 0) is 17.6 Å². The highest BCUT2D eigenvalue weighted by atomic mass is 35.5. The second-order valence-electron chi connectivity index (χ2n) is 6.13. The molecule has 0 saturated carbocycles. The van der Waals surface area contributed by atoms with Gasteiger partial charge in [0.2, 0.25) is 5.91 Å². The molecule has 26 heavy (non-hydrogen) atoms. The molecule has 136 valence electrons. The lowest BCUT2D eigenvalue weighted by atomic mass is 10.1. The summed E-state index contributed by atoms with van der Waals surface area (Å²) in [5.41, 5.74) is 7.80. The van der Waals surface area contributed by atoms with Gasteiger partial charge in [-0.15, -0.1) is 11.3 Å². The molecule has 1 aliphatic rings. The Hall–Kier alpha value is -1.82. The molecule has 1 aromatic heterocycles. The van der Waals surface area contributed by atoms with Crippen molar-refractivity contribution in [1.82, 2.24) is 0 Å². The van der Waals surface area contributed by atoms with Crippen molar-refractivity contribution >= 4 is 57.4 Å². The molecule has 0 saturated heterocycles. The van der Waals surface area contributed by atoms with Crippen LogP contribution < -0.4 is 11.1 Å². The minimum Gasteiger partial charge on any atom is -0.365 e. The molecule has 0 atom stereocenters. The van der Waals surface area contributed by atoms with Crippen molar-refractivity contribution in [3.05, 3.63) is 55.9 Å². The third-order valence-electron chi connectivity index (χ3n) is 4.28. The zero-order valence-corrected chi connectivity index (χ0v) is 16.3. The molecular formula is C19H18Cl2N2O2S. The Morgan fingerprint density at radius 2 is 1.88 bits per heavy atom. The number of nitrogens with two attached hydrogens (primary N) is 1. The first-order valence-corrected chi connectivity index (χ1v) is 9.91. The highest BCUT2D eigenvalue weighted by Crippen LogP contribution is 2.37. The predicted molar refractivity (Wildman–Crippen MR) is 108 cm³/mol. The zero-order valence-electron chi connectivity index (χ0n) is 14.0. The van der Waals surface area contributed by atoms with Gasteiger partial charge in [0.1, 0.15) is 5.00 Å². The average molecular weight is 409 g/mol. The van der Waals surface area contributed by atoms with Gasteiger partial charge in [0.25, 0.3) is 5.91 Å². The Balaban J connectivity index is 1.79. The topological polar surface area (TPSA) is 72.2 Å². The van der Waals surface area contributed by atoms with Crippen molar-refractivity contribution in [2.45, 2.75) is 32.1 Å². The number of fused-ring (bicyclic) bond motifs is 1. The number of benzene rings is 1. The normalized spacial score (nSPS) is 14.1. The van der Waals surface area contributed by atoms with E-state index >= 15 is 0 Å². The van der Waals surface area contributed by atoms with E-state index in [1.807, 2.05) is 0 Å². The van der Waals surface area contributed by atoms with Crippen LogP contribution in [0.3, 0.4) is 0 Å². The van der Waals surface area contributed by atoms with Crippen LogP contribution in [0.1, 0.15) is 45.6 Å². The highest BCUT2D eigenvalue weighted by molar-refractivity contribution is 7.17. The molecule has 0 bridgehead atoms. The number of rotatable bonds is 4. The Morgan fingerprint density at radius 3 is 2.62 bits per heavy atom. The van der Waals surface area contributed by atoms with Crippen LogP contribution in [0.25, 0.3) is 6.08 Å². The van der Waals surface area contributed by atoms with E-state index in [9.17, 15) is 9.59 Å². The van der Waals surface area contributed by atoms with Crippen molar-refractivity contribution in [2.75, 3.05) is 5.32 Å². The first kappa shape index (κ1) is 19.0. The summed E-state index contributed by atoms with van der Waals surface area (Å²) in [7, 11) is 0. The molecule has 4 nitrogen and oxygen atoms in total. The number of hydrogen-bond donors (Lipinski definition) is 2. The van der Waals surface area contributed by atoms with Gasteiger partial charge in [0, 0.05) is 11.0 Å². The van der Waals surface area contributed by atoms with E-state index in [4.69, 9.17) is 28.9 Å². The predicted octanol–water partition coefficient (Wildman–Crippen LogP) is 5.07. The molecule has 7 heteroatoms. The van der Waals surface area contributed by atoms with Crippen LogP contribution in [0.15, 0.2) is 24.3 Å². The van der Waals surface area contributed by atoms with E-state index in [1.165, 1.54) is 17.4 Å². The maximum absolute atomic E-state index is 12.3. The summed E-state index contributed by atoms with van der Waals surface area (Å²) >= 11 is 13.3. The summed E-state index contributed by atoms with van der Waals surface area (Å²) in [4.78, 5) is 25.4. The summed E-state index contributed by atoms with van der Waals surface area (Å²) in [5.74, 6) is -0.817. The zero-order chi connectivity index (χ0) is 18.7. The minimum atomic E-state index is -0.492. The van der Waals surface area contributed by atoms with Gasteiger partial charge in [-0.25, -0.2) is 0 Å². The first-order valence-electron chi connectivity index (χ1n) is 8.34. The lowest BCUT2D eigenvalue weighted by Gasteiger charge is -2.04. The van der Waals surface area contributed by atoms with Gasteiger partial charge in [-0.2, -0.15) is 0 Å². The van der Waals surface area contributed by atoms with Crippen molar-refractivity contribution in [1.29, 1.82) is 0 Å². The number of halogens is 2. The molecule has 2 aromatic rings. The van der Waals surface area contributed by atoms with Crippen molar-refractivity contribution in [2.24, 2.45) is 5.73 Å². The quantitative estimate of drug-likeness (QED) is 0.546. The van der Waals surface area contributed by atoms with Crippen LogP contribution in [0.2, 0.25) is 10.0 Å². The Kier molecular flexibility index (Phi) is 6.01. The van der Waals surface area contributed by atoms with Crippen LogP contribution in [0.4, 0.5) is 5.00 Å². The van der Waals surface area contributed by atoms with E-state index < -0.39 is 5.91 Å². The molecule has 0 fully saturated rings. The fourth-order valence-corrected chi connectivity index (χ4v) is 4.64. The maximum Gasteiger partial charge on any atom is 0.251 e. The number of nitrogens with one attached hydrogen (secondary N) is 1. The van der Waals surface area contributed by atoms with E-state index in [-0.39, 0.29) is 5.91 Å². The number of carbonyl (C=O) groups excluding carboxylic acids is 2. The summed E-state index contributed by atoms with van der Waals surface area (Å²) in [6.07, 6.45) is 8.07. The van der Waals surface area contributed by atoms with E-state index in [0.29, 0.717) is 20.6 Å². The summed E-state index contributed by atoms with van der Waals surface area (Å²) in [6.45, 7) is 0. The standard InChI is InChI=1S/C19H18Cl2N2O2S/c20-13-8-6-11(10-14(13)21)7-9-16(24)23-19-17(18(22)25)12-4-2-1-3-5-15(12)26-19/h6-10H,1-5H2,(H2,22,25)(H,23,24)/b9-7+. The molecule has 0 spiro atoms. The van der Waals surface area contributed by atoms with E-state index in [2.05, 4.69) is 5.32 Å². The van der Waals surface area contributed by atoms with Gasteiger partial charge in [-0.1, -0.05) is 35.7 Å². The van der Waals surface area contributed by atoms with Crippen molar-refractivity contribution < 1.29 is 9.59 Å². The Bertz CT molecular complexity index is 890. The van der Waals surface area contributed by atoms with Crippen molar-refractivity contribution in [3.63, 3.8) is 0 Å². The second kappa shape index (κ2) is 8.25. The summed E-state index contributed by atoms with van der Waals surface area (Å²) in [5, 5.41) is 4.22. The van der Waals surface area contributed by atoms with Gasteiger partial charge >= 0.3 is 0 Å². The first-order chi connectivity index (χ1) is 12.5. The molecule has 0 radical (unpaired) electrons. The Morgan fingerprint density at radius 1 is 1.12 bits per heavy atom. The fraction of sp³-hybridized carbons (Fsp3) is 0.263. The monoisotopic (exact) mass is 408 g/mol. The second-order valence-corrected chi connectivity index (χ2v) is 8.05. The number of amides is 2. The molecule has 3 rings (SSSR count). The lowest BCUT2D eigenvalue weighted by Crippen LogP contribution is -2.16. The molecule has 0 unspecified atom stereocenters. The van der Waals surface area contributed by atoms with Gasteiger partial charge in [0.15, 0.2) is 0 Å². The number of thiophene rings is 1. The van der Waals surface area contributed by atoms with Crippen LogP contribution in [0, 0.1) is 0 Å². The molecule has 1 heterocycles. The smallest absolute Gasteiger partial charge is 0.251 e. The van der Waals surface area contributed by atoms with Crippen LogP contribution >= 0.6 is 34.5 Å². The van der Waals surface area contributed by atoms with Crippen molar-refractivity contribution in [3.8, 4) is 0 Å². The number of carbonyl (C=O) groups is 2. The molecule has 2 amide bonds. The third kappa shape index (κ3) is 4.29. The maximum atomic E-state index is 12.3. The fourth-order valence-electron chi connectivity index (χ4n) is 3.03. The van der Waals surface area contributed by atoms with E-state index in [1.54, 1.807) is 24.3 Å². The number of aryl methyl sites for hydroxylation is 1. The number of hydrogen-bond acceptors (Lipinski definition) is 3. The molecule has 1 aromatic carbocycles. The Labute approximate surface area is 166 Å². The van der Waals surface area contributed by atoms with Crippen LogP contribution in [-0.4, -0.2) is 11.8 Å². The van der Waals surface area contributed by atoms with Gasteiger partial charge in [-0.3, -0.25) is 9.59 Å². The summed E-state index contributed by atoms with van der Waals surface area (Å²) < 4.78 is 0. The van der Waals surface area contributed by atoms with Crippen LogP contribution in [0.5, 0.6) is 0 Å². The average Bonchev–Trinajstić information content (AvgIpc) is 2.77. The molecule has 0 aliphatic heterocycles. The largest absolute Gasteiger partial charge is 0.365 e. The van der Waals surface area contributed by atoms with Gasteiger partial charge in [-0.05, 0) is 55.0 Å². The third-order valence-corrected chi connectivity index (χ3v) is 6.22. The lowest BCUT2D eigenvalue weighted by molar-refractivity contribution is -0.111. The number of primary amides is 1. The minimum absolute atomic E-state index is 0.324. The SMILES string of the molecule is NC(=O)c1c(NC(=O)/C=C/c2ccc(Cl)c(Cl)c2)sc2c1CCCCC2. The number of anilines is 1. The van der Waals surface area contributed by atoms with E-state index in [0.717, 1.165) is 48.1 Å². The molecule has 3 N–H and O–H groups in total.